The third-order valence-electron chi connectivity index (χ3n) is 3.02. The first-order valence-electron chi connectivity index (χ1n) is 6.32. The molecule has 0 atom stereocenters. The average molecular weight is 471 g/mol. The second kappa shape index (κ2) is 7.77. The predicted molar refractivity (Wildman–Crippen MR) is 90.0 cm³/mol. The molecule has 4 nitrogen and oxygen atoms in total. The van der Waals surface area contributed by atoms with Crippen molar-refractivity contribution >= 4 is 59.4 Å². The normalized spacial score (nSPS) is 15.9. The summed E-state index contributed by atoms with van der Waals surface area (Å²) in [7, 11) is 0. The Balaban J connectivity index is 1.87. The maximum absolute atomic E-state index is 11.9. The summed E-state index contributed by atoms with van der Waals surface area (Å²) in [6.07, 6.45) is 1.77. The molecule has 7 heteroatoms. The molecule has 1 amide bonds. The van der Waals surface area contributed by atoms with E-state index in [1.54, 1.807) is 0 Å². The lowest BCUT2D eigenvalue weighted by Gasteiger charge is -2.23. The number of carbonyl (C=O) groups is 1. The zero-order valence-electron chi connectivity index (χ0n) is 10.7. The molecule has 1 aliphatic heterocycles. The number of amides is 1. The fourth-order valence-corrected chi connectivity index (χ4v) is 4.54. The molecule has 1 heterocycles. The van der Waals surface area contributed by atoms with Gasteiger partial charge in [-0.25, -0.2) is 0 Å². The number of benzene rings is 1. The Morgan fingerprint density at radius 1 is 1.20 bits per heavy atom. The molecular weight excluding hydrogens is 456 g/mol. The van der Waals surface area contributed by atoms with Gasteiger partial charge in [-0.1, -0.05) is 15.9 Å². The van der Waals surface area contributed by atoms with Crippen molar-refractivity contribution in [3.8, 4) is 0 Å². The van der Waals surface area contributed by atoms with E-state index in [2.05, 4.69) is 58.4 Å². The maximum atomic E-state index is 11.9. The number of halogens is 3. The number of nitrogens with one attached hydrogen (secondary N) is 2. The smallest absolute Gasteiger partial charge is 0.239 e. The van der Waals surface area contributed by atoms with E-state index in [1.807, 2.05) is 12.1 Å². The molecule has 20 heavy (non-hydrogen) atoms. The molecule has 2 N–H and O–H groups in total. The summed E-state index contributed by atoms with van der Waals surface area (Å²) in [6, 6.07) is 4.10. The molecule has 1 aromatic carbocycles. The molecule has 110 valence electrons. The minimum Gasteiger partial charge on any atom is -0.381 e. The first-order chi connectivity index (χ1) is 9.56. The highest BCUT2D eigenvalue weighted by molar-refractivity contribution is 9.11. The van der Waals surface area contributed by atoms with Crippen molar-refractivity contribution in [2.24, 2.45) is 0 Å². The Bertz CT molecular complexity index is 467. The fourth-order valence-electron chi connectivity index (χ4n) is 2.00. The lowest BCUT2D eigenvalue weighted by Crippen LogP contribution is -2.41. The fraction of sp³-hybridized carbons (Fsp3) is 0.462. The SMILES string of the molecule is O=C(CNc1c(Br)cc(Br)cc1Br)NC1CCOCC1. The maximum Gasteiger partial charge on any atom is 0.239 e. The average Bonchev–Trinajstić information content (AvgIpc) is 2.38. The van der Waals surface area contributed by atoms with Crippen LogP contribution in [0.3, 0.4) is 0 Å². The lowest BCUT2D eigenvalue weighted by atomic mass is 10.1. The third kappa shape index (κ3) is 4.72. The van der Waals surface area contributed by atoms with Crippen molar-refractivity contribution in [3.63, 3.8) is 0 Å². The van der Waals surface area contributed by atoms with E-state index < -0.39 is 0 Å². The molecule has 0 aliphatic carbocycles. The van der Waals surface area contributed by atoms with E-state index in [1.165, 1.54) is 0 Å². The van der Waals surface area contributed by atoms with Crippen molar-refractivity contribution < 1.29 is 9.53 Å². The minimum absolute atomic E-state index is 0.00128. The molecule has 0 unspecified atom stereocenters. The van der Waals surface area contributed by atoms with E-state index in [0.29, 0.717) is 0 Å². The van der Waals surface area contributed by atoms with Crippen LogP contribution < -0.4 is 10.6 Å². The summed E-state index contributed by atoms with van der Waals surface area (Å²) in [5.74, 6) is -0.00128. The Morgan fingerprint density at radius 2 is 1.80 bits per heavy atom. The molecule has 0 saturated carbocycles. The number of anilines is 1. The first-order valence-corrected chi connectivity index (χ1v) is 8.69. The highest BCUT2D eigenvalue weighted by Gasteiger charge is 2.16. The van der Waals surface area contributed by atoms with Crippen LogP contribution in [0.1, 0.15) is 12.8 Å². The van der Waals surface area contributed by atoms with Crippen molar-refractivity contribution in [2.45, 2.75) is 18.9 Å². The van der Waals surface area contributed by atoms with Gasteiger partial charge in [0.05, 0.1) is 12.2 Å². The van der Waals surface area contributed by atoms with Crippen LogP contribution >= 0.6 is 47.8 Å². The monoisotopic (exact) mass is 468 g/mol. The second-order valence-corrected chi connectivity index (χ2v) is 7.18. The standard InChI is InChI=1S/C13H15Br3N2O2/c14-8-5-10(15)13(11(16)6-8)17-7-12(19)18-9-1-3-20-4-2-9/h5-6,9,17H,1-4,7H2,(H,18,19). The number of hydrogen-bond acceptors (Lipinski definition) is 3. The van der Waals surface area contributed by atoms with E-state index in [4.69, 9.17) is 4.74 Å². The van der Waals surface area contributed by atoms with Crippen LogP contribution in [-0.4, -0.2) is 31.7 Å². The molecule has 0 radical (unpaired) electrons. The van der Waals surface area contributed by atoms with Crippen molar-refractivity contribution in [3.05, 3.63) is 25.6 Å². The first kappa shape index (κ1) is 16.3. The number of hydrogen-bond donors (Lipinski definition) is 2. The van der Waals surface area contributed by atoms with Crippen molar-refractivity contribution in [1.82, 2.24) is 5.32 Å². The zero-order chi connectivity index (χ0) is 14.5. The van der Waals surface area contributed by atoms with Gasteiger partial charge < -0.3 is 15.4 Å². The predicted octanol–water partition coefficient (Wildman–Crippen LogP) is 3.68. The van der Waals surface area contributed by atoms with Crippen molar-refractivity contribution in [1.29, 1.82) is 0 Å². The highest BCUT2D eigenvalue weighted by Crippen LogP contribution is 2.34. The molecule has 2 rings (SSSR count). The van der Waals surface area contributed by atoms with E-state index in [0.717, 1.165) is 45.2 Å². The quantitative estimate of drug-likeness (QED) is 0.705. The molecule has 1 aliphatic rings. The van der Waals surface area contributed by atoms with Crippen LogP contribution in [0.5, 0.6) is 0 Å². The second-order valence-electron chi connectivity index (χ2n) is 4.55. The largest absolute Gasteiger partial charge is 0.381 e. The van der Waals surface area contributed by atoms with E-state index in [-0.39, 0.29) is 18.5 Å². The van der Waals surface area contributed by atoms with Gasteiger partial charge in [-0.05, 0) is 56.8 Å². The summed E-state index contributed by atoms with van der Waals surface area (Å²) < 4.78 is 8.04. The molecule has 0 spiro atoms. The van der Waals surface area contributed by atoms with E-state index >= 15 is 0 Å². The lowest BCUT2D eigenvalue weighted by molar-refractivity contribution is -0.120. The van der Waals surface area contributed by atoms with Gasteiger partial charge in [0.2, 0.25) is 5.91 Å². The number of ether oxygens (including phenoxy) is 1. The third-order valence-corrected chi connectivity index (χ3v) is 4.73. The van der Waals surface area contributed by atoms with Gasteiger partial charge in [0.1, 0.15) is 0 Å². The summed E-state index contributed by atoms with van der Waals surface area (Å²) >= 11 is 10.4. The summed E-state index contributed by atoms with van der Waals surface area (Å²) in [4.78, 5) is 11.9. The van der Waals surface area contributed by atoms with E-state index in [9.17, 15) is 4.79 Å². The van der Waals surface area contributed by atoms with Crippen LogP contribution in [0.4, 0.5) is 5.69 Å². The minimum atomic E-state index is -0.00128. The van der Waals surface area contributed by atoms with Gasteiger partial charge in [-0.15, -0.1) is 0 Å². The van der Waals surface area contributed by atoms with Gasteiger partial charge in [-0.3, -0.25) is 4.79 Å². The van der Waals surface area contributed by atoms with Crippen LogP contribution in [0.2, 0.25) is 0 Å². The van der Waals surface area contributed by atoms with Crippen LogP contribution in [-0.2, 0) is 9.53 Å². The zero-order valence-corrected chi connectivity index (χ0v) is 15.5. The van der Waals surface area contributed by atoms with Gasteiger partial charge in [0, 0.05) is 32.7 Å². The Hall–Kier alpha value is -0.110. The van der Waals surface area contributed by atoms with Crippen molar-refractivity contribution in [2.75, 3.05) is 25.1 Å². The molecule has 1 saturated heterocycles. The van der Waals surface area contributed by atoms with Crippen LogP contribution in [0.15, 0.2) is 25.6 Å². The summed E-state index contributed by atoms with van der Waals surface area (Å²) in [5, 5.41) is 6.16. The number of carbonyl (C=O) groups excluding carboxylic acids is 1. The van der Waals surface area contributed by atoms with Gasteiger partial charge in [0.25, 0.3) is 0 Å². The van der Waals surface area contributed by atoms with Gasteiger partial charge in [0.15, 0.2) is 0 Å². The molecule has 0 aromatic heterocycles. The summed E-state index contributed by atoms with van der Waals surface area (Å²) in [5.41, 5.74) is 0.871. The molecule has 0 bridgehead atoms. The highest BCUT2D eigenvalue weighted by atomic mass is 79.9. The molecule has 1 aromatic rings. The van der Waals surface area contributed by atoms with Crippen LogP contribution in [0, 0.1) is 0 Å². The topological polar surface area (TPSA) is 50.4 Å². The Morgan fingerprint density at radius 3 is 2.40 bits per heavy atom. The molecule has 1 fully saturated rings. The number of rotatable bonds is 4. The Kier molecular flexibility index (Phi) is 6.32. The Labute approximate surface area is 143 Å². The van der Waals surface area contributed by atoms with Gasteiger partial charge in [-0.2, -0.15) is 0 Å². The van der Waals surface area contributed by atoms with Gasteiger partial charge >= 0.3 is 0 Å². The summed E-state index contributed by atoms with van der Waals surface area (Å²) in [6.45, 7) is 1.69. The molecular formula is C13H15Br3N2O2. The van der Waals surface area contributed by atoms with Crippen LogP contribution in [0.25, 0.3) is 0 Å².